The molecule has 10 nitrogen and oxygen atoms in total. The Balaban J connectivity index is 1.94. The first kappa shape index (κ1) is 21.4. The van der Waals surface area contributed by atoms with Gasteiger partial charge in [0.25, 0.3) is 5.69 Å². The Kier molecular flexibility index (Phi) is 6.79. The molecule has 10 heteroatoms. The minimum Gasteiger partial charge on any atom is -0.449 e. The summed E-state index contributed by atoms with van der Waals surface area (Å²) in [7, 11) is 0. The van der Waals surface area contributed by atoms with E-state index in [4.69, 9.17) is 14.6 Å². The first-order chi connectivity index (χ1) is 13.0. The molecule has 0 radical (unpaired) electrons. The quantitative estimate of drug-likeness (QED) is 0.349. The van der Waals surface area contributed by atoms with Gasteiger partial charge in [0, 0.05) is 50.4 Å². The van der Waals surface area contributed by atoms with Crippen LogP contribution in [0.3, 0.4) is 0 Å². The number of hydrogen-bond acceptors (Lipinski definition) is 7. The van der Waals surface area contributed by atoms with E-state index in [0.717, 1.165) is 0 Å². The van der Waals surface area contributed by atoms with Gasteiger partial charge in [-0.3, -0.25) is 15.0 Å². The predicted octanol–water partition coefficient (Wildman–Crippen LogP) is 2.75. The predicted molar refractivity (Wildman–Crippen MR) is 99.7 cm³/mol. The molecule has 1 aromatic rings. The Morgan fingerprint density at radius 3 is 2.39 bits per heavy atom. The van der Waals surface area contributed by atoms with Gasteiger partial charge in [0.05, 0.1) is 4.92 Å². The van der Waals surface area contributed by atoms with E-state index in [2.05, 4.69) is 4.90 Å². The van der Waals surface area contributed by atoms with Gasteiger partial charge in [-0.25, -0.2) is 9.59 Å². The summed E-state index contributed by atoms with van der Waals surface area (Å²) in [6, 6.07) is 3.83. The first-order valence-electron chi connectivity index (χ1n) is 8.93. The van der Waals surface area contributed by atoms with Gasteiger partial charge in [-0.2, -0.15) is 0 Å². The minimum absolute atomic E-state index is 0.0884. The lowest BCUT2D eigenvalue weighted by Crippen LogP contribution is -2.50. The van der Waals surface area contributed by atoms with Crippen LogP contribution in [0.25, 0.3) is 0 Å². The van der Waals surface area contributed by atoms with Crippen LogP contribution < -0.4 is 4.74 Å². The number of nitro benzene ring substituents is 1. The molecule has 0 bridgehead atoms. The van der Waals surface area contributed by atoms with Gasteiger partial charge in [0.2, 0.25) is 0 Å². The van der Waals surface area contributed by atoms with Crippen molar-refractivity contribution >= 4 is 17.9 Å². The van der Waals surface area contributed by atoms with Crippen LogP contribution in [0.1, 0.15) is 26.3 Å². The van der Waals surface area contributed by atoms with Crippen molar-refractivity contribution < 1.29 is 29.1 Å². The summed E-state index contributed by atoms with van der Waals surface area (Å²) in [4.78, 5) is 37.1. The number of carbonyl (C=O) groups is 2. The summed E-state index contributed by atoms with van der Waals surface area (Å²) in [5.74, 6) is 0.0884. The molecule has 1 N–H and O–H groups in total. The second-order valence-corrected chi connectivity index (χ2v) is 7.48. The highest BCUT2D eigenvalue weighted by atomic mass is 16.7. The maximum atomic E-state index is 12.1. The van der Waals surface area contributed by atoms with E-state index < -0.39 is 16.7 Å². The molecule has 1 aromatic carbocycles. The molecule has 1 amide bonds. The molecule has 0 unspecified atom stereocenters. The Labute approximate surface area is 162 Å². The van der Waals surface area contributed by atoms with E-state index in [1.165, 1.54) is 18.2 Å². The van der Waals surface area contributed by atoms with Gasteiger partial charge in [-0.15, -0.1) is 0 Å². The molecule has 1 fully saturated rings. The molecule has 1 heterocycles. The van der Waals surface area contributed by atoms with Crippen molar-refractivity contribution in [2.75, 3.05) is 32.7 Å². The highest BCUT2D eigenvalue weighted by Crippen LogP contribution is 2.25. The van der Waals surface area contributed by atoms with Crippen LogP contribution in [0.4, 0.5) is 15.3 Å². The lowest BCUT2D eigenvalue weighted by molar-refractivity contribution is -0.384. The summed E-state index contributed by atoms with van der Waals surface area (Å²) in [6.07, 6.45) is -1.43. The smallest absolute Gasteiger partial charge is 0.449 e. The fourth-order valence-electron chi connectivity index (χ4n) is 2.83. The Bertz CT molecular complexity index is 737. The number of nitrogens with zero attached hydrogens (tertiary/aromatic N) is 3. The maximum Gasteiger partial charge on any atom is 0.511 e. The first-order valence-corrected chi connectivity index (χ1v) is 8.93. The van der Waals surface area contributed by atoms with Crippen LogP contribution in [-0.2, 0) is 11.2 Å². The number of piperazine rings is 1. The lowest BCUT2D eigenvalue weighted by Gasteiger charge is -2.35. The summed E-state index contributed by atoms with van der Waals surface area (Å²) in [5, 5.41) is 19.8. The van der Waals surface area contributed by atoms with Crippen LogP contribution in [0.15, 0.2) is 18.2 Å². The molecular weight excluding hydrogens is 370 g/mol. The number of ether oxygens (including phenoxy) is 2. The lowest BCUT2D eigenvalue weighted by atomic mass is 10.1. The third-order valence-corrected chi connectivity index (χ3v) is 4.17. The zero-order valence-corrected chi connectivity index (χ0v) is 16.2. The molecule has 2 rings (SSSR count). The van der Waals surface area contributed by atoms with Crippen molar-refractivity contribution in [3.05, 3.63) is 33.9 Å². The van der Waals surface area contributed by atoms with Crippen molar-refractivity contribution in [3.63, 3.8) is 0 Å². The number of rotatable bonds is 5. The van der Waals surface area contributed by atoms with Crippen LogP contribution in [0.2, 0.25) is 0 Å². The van der Waals surface area contributed by atoms with Gasteiger partial charge in [0.1, 0.15) is 11.4 Å². The molecule has 0 aromatic heterocycles. The highest BCUT2D eigenvalue weighted by Gasteiger charge is 2.26. The number of hydrogen-bond donors (Lipinski definition) is 1. The number of non-ortho nitro benzene ring substituents is 1. The van der Waals surface area contributed by atoms with Gasteiger partial charge in [-0.05, 0) is 33.3 Å². The number of benzene rings is 1. The second-order valence-electron chi connectivity index (χ2n) is 7.48. The number of nitro groups is 1. The normalized spacial score (nSPS) is 15.2. The molecule has 1 saturated heterocycles. The van der Waals surface area contributed by atoms with Crippen molar-refractivity contribution in [2.45, 2.75) is 32.8 Å². The molecule has 0 saturated carbocycles. The van der Waals surface area contributed by atoms with E-state index in [-0.39, 0.29) is 17.5 Å². The largest absolute Gasteiger partial charge is 0.511 e. The highest BCUT2D eigenvalue weighted by molar-refractivity contribution is 5.68. The summed E-state index contributed by atoms with van der Waals surface area (Å²) in [6.45, 7) is 8.29. The van der Waals surface area contributed by atoms with E-state index in [1.54, 1.807) is 4.90 Å². The zero-order chi connectivity index (χ0) is 20.9. The van der Waals surface area contributed by atoms with Gasteiger partial charge in [-0.1, -0.05) is 0 Å². The Morgan fingerprint density at radius 1 is 1.21 bits per heavy atom. The van der Waals surface area contributed by atoms with E-state index in [9.17, 15) is 19.7 Å². The minimum atomic E-state index is -1.47. The molecule has 0 aliphatic carbocycles. The van der Waals surface area contributed by atoms with E-state index in [1.807, 2.05) is 20.8 Å². The molecule has 28 heavy (non-hydrogen) atoms. The third-order valence-electron chi connectivity index (χ3n) is 4.17. The number of carbonyl (C=O) groups excluding carboxylic acids is 1. The standard InChI is InChI=1S/C18H25N3O7/c1-18(2,3)28-16(22)20-10-8-19(9-11-20)7-6-13-12-14(21(25)26)4-5-15(13)27-17(23)24/h4-5,12H,6-11H2,1-3H3,(H,23,24). The Hall–Kier alpha value is -2.88. The molecule has 1 aliphatic heterocycles. The fraction of sp³-hybridized carbons (Fsp3) is 0.556. The number of amides is 1. The average Bonchev–Trinajstić information content (AvgIpc) is 2.59. The van der Waals surface area contributed by atoms with Crippen LogP contribution in [-0.4, -0.2) is 70.4 Å². The molecular formula is C18H25N3O7. The van der Waals surface area contributed by atoms with Crippen LogP contribution in [0.5, 0.6) is 5.75 Å². The van der Waals surface area contributed by atoms with Crippen LogP contribution >= 0.6 is 0 Å². The molecule has 0 atom stereocenters. The monoisotopic (exact) mass is 395 g/mol. The molecule has 154 valence electrons. The summed E-state index contributed by atoms with van der Waals surface area (Å²) >= 11 is 0. The van der Waals surface area contributed by atoms with Crippen molar-refractivity contribution in [1.82, 2.24) is 9.80 Å². The molecule has 0 spiro atoms. The van der Waals surface area contributed by atoms with Crippen molar-refractivity contribution in [3.8, 4) is 5.75 Å². The molecule has 1 aliphatic rings. The summed E-state index contributed by atoms with van der Waals surface area (Å²) in [5.41, 5.74) is -0.217. The van der Waals surface area contributed by atoms with Crippen LogP contribution in [0, 0.1) is 10.1 Å². The van der Waals surface area contributed by atoms with E-state index in [0.29, 0.717) is 44.7 Å². The third kappa shape index (κ3) is 6.38. The topological polar surface area (TPSA) is 122 Å². The average molecular weight is 395 g/mol. The van der Waals surface area contributed by atoms with Crippen molar-refractivity contribution in [1.29, 1.82) is 0 Å². The zero-order valence-electron chi connectivity index (χ0n) is 16.2. The van der Waals surface area contributed by atoms with Crippen molar-refractivity contribution in [2.24, 2.45) is 0 Å². The summed E-state index contributed by atoms with van der Waals surface area (Å²) < 4.78 is 10.1. The van der Waals surface area contributed by atoms with Gasteiger partial charge >= 0.3 is 12.2 Å². The maximum absolute atomic E-state index is 12.1. The number of carboxylic acid groups (broad SMARTS) is 1. The second kappa shape index (κ2) is 8.87. The Morgan fingerprint density at radius 2 is 1.86 bits per heavy atom. The van der Waals surface area contributed by atoms with E-state index >= 15 is 0 Å². The van der Waals surface area contributed by atoms with Gasteiger partial charge < -0.3 is 19.5 Å². The SMILES string of the molecule is CC(C)(C)OC(=O)N1CCN(CCc2cc([N+](=O)[O-])ccc2OC(=O)O)CC1. The van der Waals surface area contributed by atoms with Gasteiger partial charge in [0.15, 0.2) is 0 Å². The fourth-order valence-corrected chi connectivity index (χ4v) is 2.83.